The summed E-state index contributed by atoms with van der Waals surface area (Å²) < 4.78 is 0. The van der Waals surface area contributed by atoms with Crippen molar-refractivity contribution in [2.45, 2.75) is 13.8 Å². The number of hydrogen-bond acceptors (Lipinski definition) is 1. The zero-order valence-corrected chi connectivity index (χ0v) is 9.54. The third kappa shape index (κ3) is 2.40. The Kier molecular flexibility index (Phi) is 3.78. The first-order valence-corrected chi connectivity index (χ1v) is 5.05. The van der Waals surface area contributed by atoms with E-state index in [1.807, 2.05) is 13.8 Å². The molecule has 0 aliphatic rings. The number of carbonyl (C=O) groups is 1. The monoisotopic (exact) mass is 231 g/mol. The van der Waals surface area contributed by atoms with Gasteiger partial charge in [-0.25, -0.2) is 0 Å². The highest BCUT2D eigenvalue weighted by molar-refractivity contribution is 6.39. The van der Waals surface area contributed by atoms with Gasteiger partial charge >= 0.3 is 0 Å². The predicted molar refractivity (Wildman–Crippen MR) is 59.2 cm³/mol. The normalized spacial score (nSPS) is 10.0. The van der Waals surface area contributed by atoms with Crippen LogP contribution < -0.4 is 5.32 Å². The molecule has 0 saturated carbocycles. The molecule has 0 heterocycles. The first-order chi connectivity index (χ1) is 6.56. The average Bonchev–Trinajstić information content (AvgIpc) is 2.01. The van der Waals surface area contributed by atoms with Crippen LogP contribution in [0.15, 0.2) is 12.1 Å². The zero-order chi connectivity index (χ0) is 10.7. The van der Waals surface area contributed by atoms with Gasteiger partial charge in [0, 0.05) is 6.54 Å². The molecular formula is C10H11Cl2NO. The summed E-state index contributed by atoms with van der Waals surface area (Å²) in [6.45, 7) is 4.27. The molecule has 1 aromatic rings. The fourth-order valence-electron chi connectivity index (χ4n) is 1.17. The SMILES string of the molecule is CCNC(=O)c1c(Cl)cc(C)cc1Cl. The summed E-state index contributed by atoms with van der Waals surface area (Å²) in [5.41, 5.74) is 1.29. The van der Waals surface area contributed by atoms with Gasteiger partial charge in [-0.05, 0) is 31.5 Å². The number of aryl methyl sites for hydroxylation is 1. The molecule has 0 saturated heterocycles. The van der Waals surface area contributed by atoms with E-state index in [1.54, 1.807) is 12.1 Å². The fourth-order valence-corrected chi connectivity index (χ4v) is 1.93. The number of amides is 1. The minimum absolute atomic E-state index is 0.234. The largest absolute Gasteiger partial charge is 0.352 e. The molecule has 0 unspecified atom stereocenters. The highest BCUT2D eigenvalue weighted by atomic mass is 35.5. The van der Waals surface area contributed by atoms with E-state index < -0.39 is 0 Å². The van der Waals surface area contributed by atoms with E-state index in [9.17, 15) is 4.79 Å². The first-order valence-electron chi connectivity index (χ1n) is 4.30. The molecule has 14 heavy (non-hydrogen) atoms. The van der Waals surface area contributed by atoms with Crippen molar-refractivity contribution in [3.63, 3.8) is 0 Å². The van der Waals surface area contributed by atoms with Gasteiger partial charge in [0.2, 0.25) is 0 Å². The van der Waals surface area contributed by atoms with Crippen LogP contribution in [0.4, 0.5) is 0 Å². The molecule has 0 aliphatic heterocycles. The van der Waals surface area contributed by atoms with Gasteiger partial charge in [-0.1, -0.05) is 23.2 Å². The molecule has 0 spiro atoms. The van der Waals surface area contributed by atoms with Crippen molar-refractivity contribution in [2.75, 3.05) is 6.54 Å². The molecule has 0 bridgehead atoms. The number of benzene rings is 1. The van der Waals surface area contributed by atoms with E-state index >= 15 is 0 Å². The Morgan fingerprint density at radius 1 is 1.36 bits per heavy atom. The summed E-state index contributed by atoms with van der Waals surface area (Å²) in [5.74, 6) is -0.234. The third-order valence-electron chi connectivity index (χ3n) is 1.75. The minimum atomic E-state index is -0.234. The van der Waals surface area contributed by atoms with Crippen molar-refractivity contribution in [1.29, 1.82) is 0 Å². The fraction of sp³-hybridized carbons (Fsp3) is 0.300. The van der Waals surface area contributed by atoms with Gasteiger partial charge in [0.1, 0.15) is 0 Å². The minimum Gasteiger partial charge on any atom is -0.352 e. The number of hydrogen-bond donors (Lipinski definition) is 1. The van der Waals surface area contributed by atoms with Gasteiger partial charge < -0.3 is 5.32 Å². The van der Waals surface area contributed by atoms with Gasteiger partial charge in [-0.3, -0.25) is 4.79 Å². The molecular weight excluding hydrogens is 221 g/mol. The number of carbonyl (C=O) groups excluding carboxylic acids is 1. The van der Waals surface area contributed by atoms with Crippen LogP contribution in [0.25, 0.3) is 0 Å². The Bertz CT molecular complexity index is 340. The van der Waals surface area contributed by atoms with Crippen LogP contribution in [0.2, 0.25) is 10.0 Å². The molecule has 0 fully saturated rings. The number of nitrogens with one attached hydrogen (secondary N) is 1. The van der Waals surface area contributed by atoms with Crippen LogP contribution in [0.1, 0.15) is 22.8 Å². The van der Waals surface area contributed by atoms with Gasteiger partial charge in [0.25, 0.3) is 5.91 Å². The Morgan fingerprint density at radius 2 is 1.86 bits per heavy atom. The zero-order valence-electron chi connectivity index (χ0n) is 8.03. The van der Waals surface area contributed by atoms with Crippen LogP contribution >= 0.6 is 23.2 Å². The van der Waals surface area contributed by atoms with Crippen LogP contribution in [0, 0.1) is 6.92 Å². The summed E-state index contributed by atoms with van der Waals surface area (Å²) >= 11 is 11.8. The maximum Gasteiger partial charge on any atom is 0.254 e. The van der Waals surface area contributed by atoms with Gasteiger partial charge in [-0.2, -0.15) is 0 Å². The Balaban J connectivity index is 3.14. The van der Waals surface area contributed by atoms with E-state index in [2.05, 4.69) is 5.32 Å². The lowest BCUT2D eigenvalue weighted by Crippen LogP contribution is -2.23. The van der Waals surface area contributed by atoms with E-state index in [-0.39, 0.29) is 5.91 Å². The second-order valence-corrected chi connectivity index (χ2v) is 3.78. The van der Waals surface area contributed by atoms with Crippen molar-refractivity contribution >= 4 is 29.1 Å². The summed E-state index contributed by atoms with van der Waals surface area (Å²) in [6.07, 6.45) is 0. The lowest BCUT2D eigenvalue weighted by molar-refractivity contribution is 0.0956. The Morgan fingerprint density at radius 3 is 2.29 bits per heavy atom. The summed E-state index contributed by atoms with van der Waals surface area (Å²) in [4.78, 5) is 11.5. The summed E-state index contributed by atoms with van der Waals surface area (Å²) in [6, 6.07) is 3.44. The summed E-state index contributed by atoms with van der Waals surface area (Å²) in [7, 11) is 0. The molecule has 0 aliphatic carbocycles. The van der Waals surface area contributed by atoms with E-state index in [0.717, 1.165) is 5.56 Å². The maximum atomic E-state index is 11.5. The second kappa shape index (κ2) is 4.67. The molecule has 1 amide bonds. The highest BCUT2D eigenvalue weighted by Gasteiger charge is 2.14. The molecule has 4 heteroatoms. The van der Waals surface area contributed by atoms with Crippen LogP contribution in [0.3, 0.4) is 0 Å². The quantitative estimate of drug-likeness (QED) is 0.834. The van der Waals surface area contributed by atoms with Gasteiger partial charge in [0.05, 0.1) is 15.6 Å². The average molecular weight is 232 g/mol. The van der Waals surface area contributed by atoms with Crippen molar-refractivity contribution in [1.82, 2.24) is 5.32 Å². The van der Waals surface area contributed by atoms with Crippen LogP contribution in [0.5, 0.6) is 0 Å². The molecule has 1 aromatic carbocycles. The second-order valence-electron chi connectivity index (χ2n) is 2.96. The van der Waals surface area contributed by atoms with E-state index in [4.69, 9.17) is 23.2 Å². The lowest BCUT2D eigenvalue weighted by Gasteiger charge is -2.07. The van der Waals surface area contributed by atoms with Crippen LogP contribution in [-0.4, -0.2) is 12.5 Å². The van der Waals surface area contributed by atoms with E-state index in [0.29, 0.717) is 22.2 Å². The van der Waals surface area contributed by atoms with Crippen molar-refractivity contribution < 1.29 is 4.79 Å². The van der Waals surface area contributed by atoms with Crippen LogP contribution in [-0.2, 0) is 0 Å². The smallest absolute Gasteiger partial charge is 0.254 e. The number of rotatable bonds is 2. The molecule has 1 rings (SSSR count). The Labute approximate surface area is 93.2 Å². The third-order valence-corrected chi connectivity index (χ3v) is 2.35. The highest BCUT2D eigenvalue weighted by Crippen LogP contribution is 2.26. The van der Waals surface area contributed by atoms with Crippen molar-refractivity contribution in [2.24, 2.45) is 0 Å². The Hall–Kier alpha value is -0.730. The molecule has 0 atom stereocenters. The molecule has 1 N–H and O–H groups in total. The first kappa shape index (κ1) is 11.3. The number of halogens is 2. The topological polar surface area (TPSA) is 29.1 Å². The van der Waals surface area contributed by atoms with Gasteiger partial charge in [-0.15, -0.1) is 0 Å². The molecule has 2 nitrogen and oxygen atoms in total. The lowest BCUT2D eigenvalue weighted by atomic mass is 10.1. The molecule has 76 valence electrons. The van der Waals surface area contributed by atoms with Gasteiger partial charge in [0.15, 0.2) is 0 Å². The predicted octanol–water partition coefficient (Wildman–Crippen LogP) is 3.05. The summed E-state index contributed by atoms with van der Waals surface area (Å²) in [5, 5.41) is 3.43. The molecule has 0 radical (unpaired) electrons. The van der Waals surface area contributed by atoms with E-state index in [1.165, 1.54) is 0 Å². The standard InChI is InChI=1S/C10H11Cl2NO/c1-3-13-10(14)9-7(11)4-6(2)5-8(9)12/h4-5H,3H2,1-2H3,(H,13,14). The van der Waals surface area contributed by atoms with Crippen molar-refractivity contribution in [3.05, 3.63) is 33.3 Å². The maximum absolute atomic E-state index is 11.5. The molecule has 0 aromatic heterocycles. The van der Waals surface area contributed by atoms with Crippen molar-refractivity contribution in [3.8, 4) is 0 Å².